The minimum atomic E-state index is -0.335. The fraction of sp³-hybridized carbons (Fsp3) is 0.333. The van der Waals surface area contributed by atoms with E-state index in [1.165, 1.54) is 0 Å². The molecule has 4 heteroatoms. The quantitative estimate of drug-likeness (QED) is 0.363. The third-order valence-corrected chi connectivity index (χ3v) is 2.61. The lowest BCUT2D eigenvalue weighted by Gasteiger charge is -2.04. The van der Waals surface area contributed by atoms with E-state index in [2.05, 4.69) is 22.6 Å². The van der Waals surface area contributed by atoms with Crippen LogP contribution in [0.3, 0.4) is 0 Å². The third kappa shape index (κ3) is 2.40. The predicted molar refractivity (Wildman–Crippen MR) is 60.3 cm³/mol. The Balaban J connectivity index is 3.19. The first kappa shape index (κ1) is 10.4. The average Bonchev–Trinajstić information content (AvgIpc) is 2.04. The lowest BCUT2D eigenvalue weighted by Crippen LogP contribution is -1.93. The van der Waals surface area contributed by atoms with Crippen LogP contribution in [0.15, 0.2) is 18.2 Å². The van der Waals surface area contributed by atoms with Gasteiger partial charge in [0.1, 0.15) is 0 Å². The molecular formula is C9H10INO2. The van der Waals surface area contributed by atoms with Crippen molar-refractivity contribution in [3.63, 3.8) is 0 Å². The number of halogens is 1. The van der Waals surface area contributed by atoms with Crippen molar-refractivity contribution in [1.82, 2.24) is 0 Å². The molecule has 1 aromatic carbocycles. The summed E-state index contributed by atoms with van der Waals surface area (Å²) in [5.41, 5.74) is 1.92. The summed E-state index contributed by atoms with van der Waals surface area (Å²) >= 11 is 2.24. The highest BCUT2D eigenvalue weighted by molar-refractivity contribution is 14.1. The molecule has 0 spiro atoms. The summed E-state index contributed by atoms with van der Waals surface area (Å²) in [5.74, 6) is 0. The van der Waals surface area contributed by atoms with Crippen molar-refractivity contribution >= 4 is 28.3 Å². The Morgan fingerprint density at radius 2 is 2.15 bits per heavy atom. The molecule has 1 aromatic rings. The Morgan fingerprint density at radius 3 is 2.62 bits per heavy atom. The summed E-state index contributed by atoms with van der Waals surface area (Å²) in [6, 6.07) is 5.37. The number of hydrogen-bond donors (Lipinski definition) is 0. The minimum absolute atomic E-state index is 0.209. The zero-order chi connectivity index (χ0) is 10.0. The van der Waals surface area contributed by atoms with E-state index in [4.69, 9.17) is 0 Å². The first-order valence-electron chi connectivity index (χ1n) is 3.91. The van der Waals surface area contributed by atoms with Gasteiger partial charge in [0.05, 0.1) is 4.92 Å². The van der Waals surface area contributed by atoms with E-state index in [1.807, 2.05) is 13.0 Å². The van der Waals surface area contributed by atoms with Gasteiger partial charge in [-0.1, -0.05) is 34.7 Å². The molecule has 13 heavy (non-hydrogen) atoms. The van der Waals surface area contributed by atoms with Crippen molar-refractivity contribution in [3.05, 3.63) is 39.4 Å². The number of benzene rings is 1. The van der Waals surface area contributed by atoms with Crippen LogP contribution in [0.5, 0.6) is 0 Å². The van der Waals surface area contributed by atoms with Crippen molar-refractivity contribution in [2.45, 2.75) is 17.8 Å². The summed E-state index contributed by atoms with van der Waals surface area (Å²) in [5, 5.41) is 10.6. The van der Waals surface area contributed by atoms with Gasteiger partial charge in [-0.25, -0.2) is 0 Å². The van der Waals surface area contributed by atoms with Crippen molar-refractivity contribution in [3.8, 4) is 0 Å². The maximum absolute atomic E-state index is 10.6. The van der Waals surface area contributed by atoms with Gasteiger partial charge in [-0.3, -0.25) is 10.1 Å². The number of nitro groups is 1. The van der Waals surface area contributed by atoms with Crippen molar-refractivity contribution in [2.75, 3.05) is 0 Å². The van der Waals surface area contributed by atoms with Crippen LogP contribution >= 0.6 is 22.6 Å². The van der Waals surface area contributed by atoms with Gasteiger partial charge in [-0.05, 0) is 19.4 Å². The average molecular weight is 291 g/mol. The Kier molecular flexibility index (Phi) is 3.24. The smallest absolute Gasteiger partial charge is 0.258 e. The monoisotopic (exact) mass is 291 g/mol. The molecule has 0 aromatic heterocycles. The van der Waals surface area contributed by atoms with Crippen LogP contribution in [-0.2, 0) is 0 Å². The highest BCUT2D eigenvalue weighted by Crippen LogP contribution is 2.27. The number of hydrogen-bond acceptors (Lipinski definition) is 2. The van der Waals surface area contributed by atoms with Gasteiger partial charge < -0.3 is 0 Å². The second kappa shape index (κ2) is 4.04. The molecule has 0 saturated heterocycles. The normalized spacial score (nSPS) is 12.5. The molecule has 0 amide bonds. The summed E-state index contributed by atoms with van der Waals surface area (Å²) < 4.78 is 0.303. The molecule has 0 saturated carbocycles. The number of nitro benzene ring substituents is 1. The van der Waals surface area contributed by atoms with E-state index >= 15 is 0 Å². The van der Waals surface area contributed by atoms with Crippen LogP contribution in [0.1, 0.15) is 22.0 Å². The van der Waals surface area contributed by atoms with Crippen LogP contribution in [-0.4, -0.2) is 4.92 Å². The van der Waals surface area contributed by atoms with Crippen molar-refractivity contribution in [1.29, 1.82) is 0 Å². The van der Waals surface area contributed by atoms with Crippen LogP contribution < -0.4 is 0 Å². The van der Waals surface area contributed by atoms with Crippen LogP contribution in [0.4, 0.5) is 5.69 Å². The molecular weight excluding hydrogens is 281 g/mol. The molecule has 0 fully saturated rings. The molecule has 0 N–H and O–H groups in total. The maximum atomic E-state index is 10.6. The molecule has 0 radical (unpaired) electrons. The molecule has 0 bridgehead atoms. The summed E-state index contributed by atoms with van der Waals surface area (Å²) in [7, 11) is 0. The summed E-state index contributed by atoms with van der Waals surface area (Å²) in [6.07, 6.45) is 0. The Hall–Kier alpha value is -0.650. The third-order valence-electron chi connectivity index (χ3n) is 1.89. The highest BCUT2D eigenvalue weighted by Gasteiger charge is 2.12. The standard InChI is InChI=1S/C9H10INO2/c1-6-3-4-8(7(2)10)5-9(6)11(12)13/h3-5,7H,1-2H3/t7-/m1/s1. The number of alkyl halides is 1. The number of nitrogens with zero attached hydrogens (tertiary/aromatic N) is 1. The van der Waals surface area contributed by atoms with Gasteiger partial charge in [0, 0.05) is 15.6 Å². The van der Waals surface area contributed by atoms with Gasteiger partial charge in [0.15, 0.2) is 0 Å². The second-order valence-electron chi connectivity index (χ2n) is 2.92. The minimum Gasteiger partial charge on any atom is -0.258 e. The van der Waals surface area contributed by atoms with E-state index in [1.54, 1.807) is 19.1 Å². The lowest BCUT2D eigenvalue weighted by atomic mass is 10.1. The highest BCUT2D eigenvalue weighted by atomic mass is 127. The largest absolute Gasteiger partial charge is 0.272 e. The van der Waals surface area contributed by atoms with Crippen molar-refractivity contribution in [2.24, 2.45) is 0 Å². The number of rotatable bonds is 2. The summed E-state index contributed by atoms with van der Waals surface area (Å²) in [4.78, 5) is 10.3. The van der Waals surface area contributed by atoms with Crippen LogP contribution in [0.2, 0.25) is 0 Å². The molecule has 0 aliphatic carbocycles. The second-order valence-corrected chi connectivity index (χ2v) is 4.79. The maximum Gasteiger partial charge on any atom is 0.272 e. The van der Waals surface area contributed by atoms with Crippen LogP contribution in [0, 0.1) is 17.0 Å². The number of aryl methyl sites for hydroxylation is 1. The zero-order valence-corrected chi connectivity index (χ0v) is 9.61. The molecule has 0 aliphatic heterocycles. The van der Waals surface area contributed by atoms with E-state index in [-0.39, 0.29) is 10.6 Å². The van der Waals surface area contributed by atoms with Gasteiger partial charge in [-0.2, -0.15) is 0 Å². The Labute approximate surface area is 90.4 Å². The molecule has 1 rings (SSSR count). The van der Waals surface area contributed by atoms with Gasteiger partial charge in [-0.15, -0.1) is 0 Å². The molecule has 70 valence electrons. The van der Waals surface area contributed by atoms with Crippen molar-refractivity contribution < 1.29 is 4.92 Å². The topological polar surface area (TPSA) is 43.1 Å². The van der Waals surface area contributed by atoms with E-state index < -0.39 is 0 Å². The molecule has 0 heterocycles. The molecule has 1 atom stereocenters. The fourth-order valence-corrected chi connectivity index (χ4v) is 1.46. The van der Waals surface area contributed by atoms with E-state index in [9.17, 15) is 10.1 Å². The zero-order valence-electron chi connectivity index (χ0n) is 7.45. The SMILES string of the molecule is Cc1ccc([C@@H](C)I)cc1[N+](=O)[O-]. The predicted octanol–water partition coefficient (Wildman–Crippen LogP) is 3.40. The molecule has 3 nitrogen and oxygen atoms in total. The van der Waals surface area contributed by atoms with Gasteiger partial charge in [0.2, 0.25) is 0 Å². The van der Waals surface area contributed by atoms with Crippen LogP contribution in [0.25, 0.3) is 0 Å². The van der Waals surface area contributed by atoms with Gasteiger partial charge >= 0.3 is 0 Å². The van der Waals surface area contributed by atoms with E-state index in [0.717, 1.165) is 5.56 Å². The van der Waals surface area contributed by atoms with E-state index in [0.29, 0.717) is 9.49 Å². The molecule has 0 unspecified atom stereocenters. The van der Waals surface area contributed by atoms with Gasteiger partial charge in [0.25, 0.3) is 5.69 Å². The Bertz CT molecular complexity index is 336. The first-order chi connectivity index (χ1) is 6.02. The summed E-state index contributed by atoms with van der Waals surface area (Å²) in [6.45, 7) is 3.76. The Morgan fingerprint density at radius 1 is 1.54 bits per heavy atom. The first-order valence-corrected chi connectivity index (χ1v) is 5.16. The lowest BCUT2D eigenvalue weighted by molar-refractivity contribution is -0.385. The molecule has 0 aliphatic rings. The fourth-order valence-electron chi connectivity index (χ4n) is 1.07.